The van der Waals surface area contributed by atoms with Crippen molar-refractivity contribution in [3.8, 4) is 0 Å². The van der Waals surface area contributed by atoms with Crippen molar-refractivity contribution >= 4 is 11.8 Å². The lowest BCUT2D eigenvalue weighted by Gasteiger charge is -2.34. The van der Waals surface area contributed by atoms with Gasteiger partial charge in [-0.05, 0) is 36.5 Å². The van der Waals surface area contributed by atoms with Gasteiger partial charge >= 0.3 is 0 Å². The Kier molecular flexibility index (Phi) is 7.57. The third-order valence-corrected chi connectivity index (χ3v) is 5.04. The Morgan fingerprint density at radius 2 is 1.81 bits per heavy atom. The predicted molar refractivity (Wildman–Crippen MR) is 99.6 cm³/mol. The number of carbonyl (C=O) groups is 2. The van der Waals surface area contributed by atoms with Crippen LogP contribution in [0.3, 0.4) is 0 Å². The van der Waals surface area contributed by atoms with Gasteiger partial charge in [0.05, 0.1) is 12.6 Å². The maximum Gasteiger partial charge on any atom is 0.242 e. The summed E-state index contributed by atoms with van der Waals surface area (Å²) in [4.78, 5) is 26.7. The van der Waals surface area contributed by atoms with Crippen LogP contribution < -0.4 is 11.1 Å². The molecule has 2 rings (SSSR count). The Labute approximate surface area is 155 Å². The van der Waals surface area contributed by atoms with Crippen LogP contribution in [-0.4, -0.2) is 35.3 Å². The first-order valence-corrected chi connectivity index (χ1v) is 9.45. The van der Waals surface area contributed by atoms with E-state index in [9.17, 15) is 14.0 Å². The van der Waals surface area contributed by atoms with Gasteiger partial charge in [0.2, 0.25) is 11.8 Å². The molecule has 1 saturated carbocycles. The number of hydrogen-bond donors (Lipinski definition) is 2. The van der Waals surface area contributed by atoms with Crippen molar-refractivity contribution in [2.24, 2.45) is 11.7 Å². The molecule has 0 unspecified atom stereocenters. The standard InChI is InChI=1S/C20H30FN3O2/c1-14(2)19(22)20(26)23-12-18(25)24(17-6-4-3-5-7-17)13-15-8-10-16(21)11-9-15/h8-11,14,17,19H,3-7,12-13,22H2,1-2H3,(H,23,26)/t19-/m0/s1. The molecule has 1 atom stereocenters. The van der Waals surface area contributed by atoms with Crippen LogP contribution in [0, 0.1) is 11.7 Å². The van der Waals surface area contributed by atoms with Gasteiger partial charge in [-0.2, -0.15) is 0 Å². The van der Waals surface area contributed by atoms with Crippen molar-refractivity contribution in [1.29, 1.82) is 0 Å². The molecule has 1 aliphatic carbocycles. The Morgan fingerprint density at radius 3 is 2.38 bits per heavy atom. The summed E-state index contributed by atoms with van der Waals surface area (Å²) in [6.07, 6.45) is 5.32. The number of amides is 2. The first-order chi connectivity index (χ1) is 12.4. The van der Waals surface area contributed by atoms with Gasteiger partial charge in [-0.25, -0.2) is 4.39 Å². The molecule has 1 aliphatic rings. The fraction of sp³-hybridized carbons (Fsp3) is 0.600. The van der Waals surface area contributed by atoms with Crippen molar-refractivity contribution in [1.82, 2.24) is 10.2 Å². The van der Waals surface area contributed by atoms with E-state index in [1.165, 1.54) is 18.6 Å². The topological polar surface area (TPSA) is 75.4 Å². The molecule has 6 heteroatoms. The van der Waals surface area contributed by atoms with Crippen molar-refractivity contribution in [3.63, 3.8) is 0 Å². The van der Waals surface area contributed by atoms with Crippen LogP contribution >= 0.6 is 0 Å². The molecule has 0 aliphatic heterocycles. The fourth-order valence-electron chi connectivity index (χ4n) is 3.29. The second-order valence-electron chi connectivity index (χ2n) is 7.43. The average molecular weight is 363 g/mol. The summed E-state index contributed by atoms with van der Waals surface area (Å²) >= 11 is 0. The molecule has 2 amide bonds. The molecule has 0 aromatic heterocycles. The Bertz CT molecular complexity index is 598. The zero-order valence-electron chi connectivity index (χ0n) is 15.7. The largest absolute Gasteiger partial charge is 0.346 e. The second-order valence-corrected chi connectivity index (χ2v) is 7.43. The van der Waals surface area contributed by atoms with E-state index in [-0.39, 0.29) is 36.1 Å². The number of benzene rings is 1. The smallest absolute Gasteiger partial charge is 0.242 e. The van der Waals surface area contributed by atoms with E-state index < -0.39 is 6.04 Å². The predicted octanol–water partition coefficient (Wildman–Crippen LogP) is 2.59. The monoisotopic (exact) mass is 363 g/mol. The molecular formula is C20H30FN3O2. The highest BCUT2D eigenvalue weighted by atomic mass is 19.1. The Morgan fingerprint density at radius 1 is 1.19 bits per heavy atom. The number of nitrogens with zero attached hydrogens (tertiary/aromatic N) is 1. The van der Waals surface area contributed by atoms with Crippen molar-refractivity contribution in [2.75, 3.05) is 6.54 Å². The van der Waals surface area contributed by atoms with Crippen molar-refractivity contribution < 1.29 is 14.0 Å². The normalized spacial score (nSPS) is 16.3. The third kappa shape index (κ3) is 5.80. The second kappa shape index (κ2) is 9.67. The lowest BCUT2D eigenvalue weighted by atomic mass is 9.93. The fourth-order valence-corrected chi connectivity index (χ4v) is 3.29. The summed E-state index contributed by atoms with van der Waals surface area (Å²) < 4.78 is 13.1. The summed E-state index contributed by atoms with van der Waals surface area (Å²) in [5.41, 5.74) is 6.72. The highest BCUT2D eigenvalue weighted by Crippen LogP contribution is 2.24. The average Bonchev–Trinajstić information content (AvgIpc) is 2.65. The van der Waals surface area contributed by atoms with Crippen LogP contribution in [0.5, 0.6) is 0 Å². The highest BCUT2D eigenvalue weighted by molar-refractivity contribution is 5.87. The minimum atomic E-state index is -0.622. The van der Waals surface area contributed by atoms with Gasteiger partial charge in [-0.3, -0.25) is 9.59 Å². The molecule has 0 saturated heterocycles. The van der Waals surface area contributed by atoms with Gasteiger partial charge in [0, 0.05) is 12.6 Å². The van der Waals surface area contributed by atoms with Gasteiger partial charge in [0.1, 0.15) is 5.82 Å². The molecule has 1 fully saturated rings. The van der Waals surface area contributed by atoms with Crippen LogP contribution in [0.2, 0.25) is 0 Å². The summed E-state index contributed by atoms with van der Waals surface area (Å²) in [6.45, 7) is 4.11. The van der Waals surface area contributed by atoms with Crippen molar-refractivity contribution in [3.05, 3.63) is 35.6 Å². The summed E-state index contributed by atoms with van der Waals surface area (Å²) in [6, 6.07) is 5.75. The number of halogens is 1. The maximum atomic E-state index is 13.1. The Hall–Kier alpha value is -1.95. The first kappa shape index (κ1) is 20.4. The molecule has 3 N–H and O–H groups in total. The van der Waals surface area contributed by atoms with E-state index in [1.807, 2.05) is 18.7 Å². The summed E-state index contributed by atoms with van der Waals surface area (Å²) in [5, 5.41) is 2.66. The quantitative estimate of drug-likeness (QED) is 0.782. The number of hydrogen-bond acceptors (Lipinski definition) is 3. The third-order valence-electron chi connectivity index (χ3n) is 5.04. The first-order valence-electron chi connectivity index (χ1n) is 9.45. The molecular weight excluding hydrogens is 333 g/mol. The zero-order chi connectivity index (χ0) is 19.1. The number of rotatable bonds is 7. The van der Waals surface area contributed by atoms with Gasteiger partial charge in [-0.1, -0.05) is 45.2 Å². The Balaban J connectivity index is 2.03. The molecule has 0 radical (unpaired) electrons. The molecule has 144 valence electrons. The molecule has 26 heavy (non-hydrogen) atoms. The van der Waals surface area contributed by atoms with Crippen molar-refractivity contribution in [2.45, 2.75) is 64.6 Å². The SMILES string of the molecule is CC(C)[C@H](N)C(=O)NCC(=O)N(Cc1ccc(F)cc1)C1CCCCC1. The zero-order valence-corrected chi connectivity index (χ0v) is 15.7. The molecule has 1 aromatic carbocycles. The van der Waals surface area contributed by atoms with Crippen LogP contribution in [0.1, 0.15) is 51.5 Å². The van der Waals surface area contributed by atoms with Crippen LogP contribution in [0.25, 0.3) is 0 Å². The lowest BCUT2D eigenvalue weighted by molar-refractivity contribution is -0.136. The number of nitrogens with one attached hydrogen (secondary N) is 1. The van der Waals surface area contributed by atoms with E-state index in [0.717, 1.165) is 31.2 Å². The summed E-state index contributed by atoms with van der Waals surface area (Å²) in [5.74, 6) is -0.706. The van der Waals surface area contributed by atoms with Crippen LogP contribution in [0.4, 0.5) is 4.39 Å². The number of carbonyl (C=O) groups excluding carboxylic acids is 2. The van der Waals surface area contributed by atoms with E-state index in [2.05, 4.69) is 5.32 Å². The summed E-state index contributed by atoms with van der Waals surface area (Å²) in [7, 11) is 0. The van der Waals surface area contributed by atoms with E-state index >= 15 is 0 Å². The van der Waals surface area contributed by atoms with Crippen LogP contribution in [-0.2, 0) is 16.1 Å². The van der Waals surface area contributed by atoms with Crippen LogP contribution in [0.15, 0.2) is 24.3 Å². The molecule has 0 heterocycles. The van der Waals surface area contributed by atoms with Gasteiger partial charge in [-0.15, -0.1) is 0 Å². The minimum Gasteiger partial charge on any atom is -0.346 e. The number of nitrogens with two attached hydrogens (primary N) is 1. The molecule has 5 nitrogen and oxygen atoms in total. The van der Waals surface area contributed by atoms with Gasteiger partial charge < -0.3 is 16.0 Å². The van der Waals surface area contributed by atoms with E-state index in [4.69, 9.17) is 5.73 Å². The molecule has 0 bridgehead atoms. The molecule has 0 spiro atoms. The maximum absolute atomic E-state index is 13.1. The van der Waals surface area contributed by atoms with E-state index in [0.29, 0.717) is 6.54 Å². The van der Waals surface area contributed by atoms with Gasteiger partial charge in [0.25, 0.3) is 0 Å². The lowest BCUT2D eigenvalue weighted by Crippen LogP contribution is -2.50. The van der Waals surface area contributed by atoms with Gasteiger partial charge in [0.15, 0.2) is 0 Å². The highest BCUT2D eigenvalue weighted by Gasteiger charge is 2.26. The van der Waals surface area contributed by atoms with E-state index in [1.54, 1.807) is 12.1 Å². The molecule has 1 aromatic rings. The minimum absolute atomic E-state index is 0.0127.